The van der Waals surface area contributed by atoms with E-state index < -0.39 is 0 Å². The number of nitrogens with zero attached hydrogens (tertiary/aromatic N) is 2. The van der Waals surface area contributed by atoms with Gasteiger partial charge >= 0.3 is 0 Å². The topological polar surface area (TPSA) is 76.7 Å². The minimum atomic E-state index is -0.0716. The minimum Gasteiger partial charge on any atom is -0.346 e. The highest BCUT2D eigenvalue weighted by atomic mass is 32.1. The van der Waals surface area contributed by atoms with Crippen molar-refractivity contribution in [3.8, 4) is 0 Å². The molecule has 0 bridgehead atoms. The van der Waals surface area contributed by atoms with Gasteiger partial charge < -0.3 is 15.3 Å². The van der Waals surface area contributed by atoms with E-state index in [1.807, 2.05) is 34.5 Å². The van der Waals surface area contributed by atoms with Crippen LogP contribution in [0.4, 0.5) is 0 Å². The molecule has 0 radical (unpaired) electrons. The van der Waals surface area contributed by atoms with Crippen molar-refractivity contribution < 1.29 is 0 Å². The van der Waals surface area contributed by atoms with E-state index in [0.717, 1.165) is 17.5 Å². The van der Waals surface area contributed by atoms with Crippen LogP contribution in [0.2, 0.25) is 0 Å². The van der Waals surface area contributed by atoms with Crippen LogP contribution in [0.5, 0.6) is 0 Å². The highest BCUT2D eigenvalue weighted by Gasteiger charge is 2.08. The molecule has 0 amide bonds. The summed E-state index contributed by atoms with van der Waals surface area (Å²) in [7, 11) is 0. The first-order chi connectivity index (χ1) is 9.67. The van der Waals surface area contributed by atoms with Crippen LogP contribution in [0, 0.1) is 0 Å². The summed E-state index contributed by atoms with van der Waals surface area (Å²) in [6.07, 6.45) is 4.87. The second kappa shape index (κ2) is 5.22. The Kier molecular flexibility index (Phi) is 3.42. The first-order valence-corrected chi connectivity index (χ1v) is 7.43. The van der Waals surface area contributed by atoms with Crippen LogP contribution in [-0.2, 0) is 6.54 Å². The zero-order valence-electron chi connectivity index (χ0n) is 11.2. The number of thiophene rings is 1. The molecule has 20 heavy (non-hydrogen) atoms. The fraction of sp³-hybridized carbons (Fsp3) is 0.286. The van der Waals surface area contributed by atoms with Crippen LogP contribution < -0.4 is 11.3 Å². The van der Waals surface area contributed by atoms with Crippen molar-refractivity contribution in [3.63, 3.8) is 0 Å². The molecule has 0 aliphatic heterocycles. The van der Waals surface area contributed by atoms with E-state index in [1.54, 1.807) is 0 Å². The van der Waals surface area contributed by atoms with E-state index in [9.17, 15) is 4.79 Å². The van der Waals surface area contributed by atoms with Crippen LogP contribution in [0.3, 0.4) is 0 Å². The van der Waals surface area contributed by atoms with E-state index in [2.05, 4.69) is 16.9 Å². The molecule has 0 aliphatic rings. The van der Waals surface area contributed by atoms with E-state index >= 15 is 0 Å². The summed E-state index contributed by atoms with van der Waals surface area (Å²) < 4.78 is 2.66. The molecule has 0 aliphatic carbocycles. The van der Waals surface area contributed by atoms with Gasteiger partial charge in [0.15, 0.2) is 0 Å². The molecule has 5 nitrogen and oxygen atoms in total. The molecule has 1 atom stereocenters. The largest absolute Gasteiger partial charge is 0.346 e. The number of hydrogen-bond donors (Lipinski definition) is 2. The monoisotopic (exact) mass is 288 g/mol. The van der Waals surface area contributed by atoms with Crippen molar-refractivity contribution in [1.29, 1.82) is 0 Å². The second-order valence-corrected chi connectivity index (χ2v) is 5.70. The number of rotatable bonds is 4. The molecule has 0 fully saturated rings. The predicted molar refractivity (Wildman–Crippen MR) is 81.0 cm³/mol. The number of nitrogens with one attached hydrogen (secondary N) is 1. The second-order valence-electron chi connectivity index (χ2n) is 4.78. The number of H-pyrrole nitrogens is 1. The van der Waals surface area contributed by atoms with Crippen molar-refractivity contribution in [2.24, 2.45) is 5.73 Å². The Morgan fingerprint density at radius 2 is 2.35 bits per heavy atom. The number of aromatic amines is 1. The number of nitrogens with two attached hydrogens (primary N) is 1. The molecule has 1 unspecified atom stereocenters. The van der Waals surface area contributed by atoms with Crippen molar-refractivity contribution >= 4 is 21.6 Å². The summed E-state index contributed by atoms with van der Waals surface area (Å²) in [6, 6.07) is 3.94. The van der Waals surface area contributed by atoms with Crippen molar-refractivity contribution in [3.05, 3.63) is 51.6 Å². The summed E-state index contributed by atoms with van der Waals surface area (Å²) in [6.45, 7) is 2.60. The fourth-order valence-corrected chi connectivity index (χ4v) is 2.91. The average molecular weight is 288 g/mol. The SMILES string of the molecule is CCC(N)c1ccn(Cc2nc3ccsc3c(=O)[nH]2)c1. The lowest BCUT2D eigenvalue weighted by Crippen LogP contribution is -2.13. The van der Waals surface area contributed by atoms with Crippen LogP contribution in [0.1, 0.15) is 30.8 Å². The Balaban J connectivity index is 1.89. The summed E-state index contributed by atoms with van der Waals surface area (Å²) in [5.74, 6) is 0.660. The minimum absolute atomic E-state index is 0.0580. The van der Waals surface area contributed by atoms with Crippen LogP contribution in [-0.4, -0.2) is 14.5 Å². The van der Waals surface area contributed by atoms with Crippen LogP contribution in [0.15, 0.2) is 34.7 Å². The summed E-state index contributed by atoms with van der Waals surface area (Å²) in [5.41, 5.74) is 7.79. The normalized spacial score (nSPS) is 12.9. The molecule has 3 aromatic heterocycles. The van der Waals surface area contributed by atoms with E-state index in [0.29, 0.717) is 17.1 Å². The molecule has 0 aromatic carbocycles. The van der Waals surface area contributed by atoms with Gasteiger partial charge in [-0.25, -0.2) is 4.98 Å². The predicted octanol–water partition coefficient (Wildman–Crippen LogP) is 2.24. The van der Waals surface area contributed by atoms with Crippen LogP contribution >= 0.6 is 11.3 Å². The van der Waals surface area contributed by atoms with Crippen molar-refractivity contribution in [2.75, 3.05) is 0 Å². The quantitative estimate of drug-likeness (QED) is 0.773. The number of fused-ring (bicyclic) bond motifs is 1. The molecule has 6 heteroatoms. The molecule has 0 spiro atoms. The van der Waals surface area contributed by atoms with Gasteiger partial charge in [0.2, 0.25) is 0 Å². The van der Waals surface area contributed by atoms with Gasteiger partial charge in [-0.05, 0) is 29.5 Å². The Morgan fingerprint density at radius 3 is 3.15 bits per heavy atom. The molecule has 3 N–H and O–H groups in total. The summed E-state index contributed by atoms with van der Waals surface area (Å²) in [4.78, 5) is 19.2. The van der Waals surface area contributed by atoms with Crippen LogP contribution in [0.25, 0.3) is 10.2 Å². The van der Waals surface area contributed by atoms with E-state index in [4.69, 9.17) is 5.73 Å². The van der Waals surface area contributed by atoms with Gasteiger partial charge in [0, 0.05) is 18.4 Å². The van der Waals surface area contributed by atoms with Crippen molar-refractivity contribution in [1.82, 2.24) is 14.5 Å². The lowest BCUT2D eigenvalue weighted by atomic mass is 10.1. The maximum Gasteiger partial charge on any atom is 0.268 e. The molecule has 3 rings (SSSR count). The third-order valence-corrected chi connectivity index (χ3v) is 4.24. The highest BCUT2D eigenvalue weighted by Crippen LogP contribution is 2.16. The van der Waals surface area contributed by atoms with E-state index in [1.165, 1.54) is 11.3 Å². The van der Waals surface area contributed by atoms with Gasteiger partial charge in [0.25, 0.3) is 5.56 Å². The maximum atomic E-state index is 11.9. The lowest BCUT2D eigenvalue weighted by molar-refractivity contribution is 0.688. The first kappa shape index (κ1) is 13.1. The molecule has 104 valence electrons. The summed E-state index contributed by atoms with van der Waals surface area (Å²) >= 11 is 1.41. The highest BCUT2D eigenvalue weighted by molar-refractivity contribution is 7.17. The lowest BCUT2D eigenvalue weighted by Gasteiger charge is -2.05. The third kappa shape index (κ3) is 2.39. The van der Waals surface area contributed by atoms with Gasteiger partial charge in [-0.1, -0.05) is 6.92 Å². The average Bonchev–Trinajstić information content (AvgIpc) is 3.07. The van der Waals surface area contributed by atoms with Gasteiger partial charge in [-0.3, -0.25) is 4.79 Å². The Labute approximate surface area is 120 Å². The smallest absolute Gasteiger partial charge is 0.268 e. The standard InChI is InChI=1S/C14H16N4OS/c1-2-10(15)9-3-5-18(7-9)8-12-16-11-4-6-20-13(11)14(19)17-12/h3-7,10H,2,8,15H2,1H3,(H,16,17,19). The molecule has 0 saturated heterocycles. The third-order valence-electron chi connectivity index (χ3n) is 3.34. The Bertz CT molecular complexity index is 786. The van der Waals surface area contributed by atoms with Gasteiger partial charge in [0.05, 0.1) is 12.1 Å². The summed E-state index contributed by atoms with van der Waals surface area (Å²) in [5, 5.41) is 1.88. The maximum absolute atomic E-state index is 11.9. The molecule has 0 saturated carbocycles. The Hall–Kier alpha value is -1.92. The zero-order chi connectivity index (χ0) is 14.1. The number of aromatic nitrogens is 3. The van der Waals surface area contributed by atoms with E-state index in [-0.39, 0.29) is 11.6 Å². The van der Waals surface area contributed by atoms with Gasteiger partial charge in [-0.15, -0.1) is 11.3 Å². The first-order valence-electron chi connectivity index (χ1n) is 6.55. The molecule has 3 heterocycles. The molecule has 3 aromatic rings. The van der Waals surface area contributed by atoms with Crippen molar-refractivity contribution in [2.45, 2.75) is 25.9 Å². The van der Waals surface area contributed by atoms with Gasteiger partial charge in [-0.2, -0.15) is 0 Å². The van der Waals surface area contributed by atoms with Gasteiger partial charge in [0.1, 0.15) is 10.5 Å². The zero-order valence-corrected chi connectivity index (χ0v) is 12.0. The fourth-order valence-electron chi connectivity index (χ4n) is 2.18. The molecular weight excluding hydrogens is 272 g/mol. The number of hydrogen-bond acceptors (Lipinski definition) is 4. The Morgan fingerprint density at radius 1 is 1.50 bits per heavy atom. The molecular formula is C14H16N4OS.